The van der Waals surface area contributed by atoms with Crippen LogP contribution in [0.2, 0.25) is 0 Å². The summed E-state index contributed by atoms with van der Waals surface area (Å²) in [5.41, 5.74) is 0.146. The number of amides is 3. The van der Waals surface area contributed by atoms with Gasteiger partial charge in [0.25, 0.3) is 11.8 Å². The quantitative estimate of drug-likeness (QED) is 0.482. The Morgan fingerprint density at radius 2 is 1.65 bits per heavy atom. The number of allylic oxidation sites excluding steroid dienone is 2. The summed E-state index contributed by atoms with van der Waals surface area (Å²) in [5.74, 6) is -3.04. The highest BCUT2D eigenvalue weighted by molar-refractivity contribution is 6.06. The number of ether oxygens (including phenoxy) is 2. The Morgan fingerprint density at radius 3 is 2.21 bits per heavy atom. The molecule has 9 nitrogen and oxygen atoms in total. The topological polar surface area (TPSA) is 111 Å². The van der Waals surface area contributed by atoms with E-state index in [4.69, 9.17) is 14.3 Å². The van der Waals surface area contributed by atoms with Gasteiger partial charge in [-0.25, -0.2) is 9.59 Å². The molecule has 1 aromatic rings. The highest BCUT2D eigenvalue weighted by atomic mass is 16.7. The number of carbonyl (C=O) groups is 4. The molecule has 9 heteroatoms. The second-order valence-corrected chi connectivity index (χ2v) is 10.0. The van der Waals surface area contributed by atoms with E-state index in [9.17, 15) is 19.2 Å². The van der Waals surface area contributed by atoms with Crippen molar-refractivity contribution in [3.05, 3.63) is 48.0 Å². The van der Waals surface area contributed by atoms with Gasteiger partial charge in [0.2, 0.25) is 0 Å². The average molecular weight is 471 g/mol. The lowest BCUT2D eigenvalue weighted by molar-refractivity contribution is -0.204. The summed E-state index contributed by atoms with van der Waals surface area (Å²) in [5, 5.41) is 3.04. The van der Waals surface area contributed by atoms with Gasteiger partial charge in [-0.3, -0.25) is 9.59 Å². The molecule has 0 spiro atoms. The van der Waals surface area contributed by atoms with E-state index < -0.39 is 53.5 Å². The minimum absolute atomic E-state index is 0.00514. The molecule has 3 amide bonds. The normalized spacial score (nSPS) is 26.9. The molecule has 1 N–H and O–H groups in total. The van der Waals surface area contributed by atoms with Gasteiger partial charge in [-0.2, -0.15) is 0 Å². The van der Waals surface area contributed by atoms with Crippen LogP contribution in [-0.4, -0.2) is 46.7 Å². The number of benzene rings is 1. The molecule has 0 unspecified atom stereocenters. The fourth-order valence-corrected chi connectivity index (χ4v) is 5.00. The van der Waals surface area contributed by atoms with Crippen LogP contribution in [0.1, 0.15) is 39.7 Å². The number of fused-ring (bicyclic) bond motifs is 5. The summed E-state index contributed by atoms with van der Waals surface area (Å²) < 4.78 is 11.1. The number of rotatable bonds is 7. The van der Waals surface area contributed by atoms with Crippen LogP contribution in [0.15, 0.2) is 42.5 Å². The molecule has 1 saturated heterocycles. The third-order valence-electron chi connectivity index (χ3n) is 6.36. The smallest absolute Gasteiger partial charge is 0.408 e. The van der Waals surface area contributed by atoms with Gasteiger partial charge >= 0.3 is 12.1 Å². The number of carbonyl (C=O) groups excluding carboxylic acids is 4. The zero-order valence-corrected chi connectivity index (χ0v) is 19.7. The first-order valence-electron chi connectivity index (χ1n) is 11.5. The molecule has 1 aromatic carbocycles. The Balaban J connectivity index is 1.44. The van der Waals surface area contributed by atoms with Gasteiger partial charge in [-0.15, -0.1) is 5.06 Å². The van der Waals surface area contributed by atoms with Crippen molar-refractivity contribution in [2.24, 2.45) is 23.7 Å². The first kappa shape index (κ1) is 23.9. The molecule has 4 rings (SSSR count). The van der Waals surface area contributed by atoms with Crippen LogP contribution in [-0.2, 0) is 35.3 Å². The molecule has 34 heavy (non-hydrogen) atoms. The van der Waals surface area contributed by atoms with Crippen molar-refractivity contribution in [1.82, 2.24) is 10.4 Å². The molecule has 2 fully saturated rings. The molecule has 1 heterocycles. The van der Waals surface area contributed by atoms with Gasteiger partial charge in [0.1, 0.15) is 6.61 Å². The zero-order chi connectivity index (χ0) is 24.6. The number of nitrogens with zero attached hydrogens (tertiary/aromatic N) is 1. The molecule has 2 aliphatic carbocycles. The third-order valence-corrected chi connectivity index (χ3v) is 6.36. The Hall–Kier alpha value is -3.20. The maximum atomic E-state index is 13.1. The van der Waals surface area contributed by atoms with Crippen LogP contribution >= 0.6 is 0 Å². The van der Waals surface area contributed by atoms with E-state index in [-0.39, 0.29) is 18.4 Å². The van der Waals surface area contributed by atoms with Crippen molar-refractivity contribution < 1.29 is 33.5 Å². The number of nitrogens with one attached hydrogen (secondary N) is 1. The lowest BCUT2D eigenvalue weighted by Gasteiger charge is -2.30. The lowest BCUT2D eigenvalue weighted by Crippen LogP contribution is -2.53. The minimum Gasteiger partial charge on any atom is -0.445 e. The zero-order valence-electron chi connectivity index (χ0n) is 19.7. The molecular formula is C25H30N2O7. The van der Waals surface area contributed by atoms with Crippen molar-refractivity contribution >= 4 is 23.9 Å². The van der Waals surface area contributed by atoms with Gasteiger partial charge < -0.3 is 19.6 Å². The third kappa shape index (κ3) is 4.84. The van der Waals surface area contributed by atoms with Crippen molar-refractivity contribution in [1.29, 1.82) is 0 Å². The highest BCUT2D eigenvalue weighted by Crippen LogP contribution is 2.52. The fraction of sp³-hybridized carbons (Fsp3) is 0.520. The van der Waals surface area contributed by atoms with E-state index in [1.54, 1.807) is 39.8 Å². The van der Waals surface area contributed by atoms with Gasteiger partial charge in [-0.05, 0) is 51.5 Å². The van der Waals surface area contributed by atoms with Gasteiger partial charge in [0.05, 0.1) is 23.5 Å². The first-order chi connectivity index (χ1) is 16.0. The standard InChI is InChI=1S/C25H30N2O7/c1-14(33-25(2,3)4)20(26-24(31)32-13-15-8-6-5-7-9-15)23(30)34-27-21(28)18-16-10-11-17(12-16)19(18)22(27)29/h5-11,14,16-20H,12-13H2,1-4H3,(H,26,31)/t14-,16+,17+,18-,19+,20+/m1/s1. The Bertz CT molecular complexity index is 970. The van der Waals surface area contributed by atoms with Crippen LogP contribution in [0.5, 0.6) is 0 Å². The Morgan fingerprint density at radius 1 is 1.06 bits per heavy atom. The fourth-order valence-electron chi connectivity index (χ4n) is 5.00. The largest absolute Gasteiger partial charge is 0.445 e. The van der Waals surface area contributed by atoms with E-state index in [2.05, 4.69) is 5.32 Å². The Labute approximate surface area is 198 Å². The van der Waals surface area contributed by atoms with E-state index in [1.807, 2.05) is 30.4 Å². The molecule has 3 aliphatic rings. The van der Waals surface area contributed by atoms with Gasteiger partial charge in [0.15, 0.2) is 6.04 Å². The predicted molar refractivity (Wildman–Crippen MR) is 120 cm³/mol. The minimum atomic E-state index is -1.31. The lowest BCUT2D eigenvalue weighted by atomic mass is 9.85. The van der Waals surface area contributed by atoms with Crippen LogP contribution < -0.4 is 5.32 Å². The molecule has 1 aliphatic heterocycles. The van der Waals surface area contributed by atoms with Crippen LogP contribution in [0, 0.1) is 23.7 Å². The summed E-state index contributed by atoms with van der Waals surface area (Å²) in [6.45, 7) is 7.01. The van der Waals surface area contributed by atoms with E-state index in [0.29, 0.717) is 5.06 Å². The second kappa shape index (κ2) is 9.21. The summed E-state index contributed by atoms with van der Waals surface area (Å²) in [4.78, 5) is 56.6. The number of imide groups is 1. The Kier molecular flexibility index (Phi) is 6.49. The molecule has 0 radical (unpaired) electrons. The van der Waals surface area contributed by atoms with Gasteiger partial charge in [-0.1, -0.05) is 42.5 Å². The number of hydrogen-bond donors (Lipinski definition) is 1. The maximum absolute atomic E-state index is 13.1. The predicted octanol–water partition coefficient (Wildman–Crippen LogP) is 2.75. The SMILES string of the molecule is C[C@@H](OC(C)(C)C)[C@H](NC(=O)OCc1ccccc1)C(=O)ON1C(=O)[C@@H]2[C@H](C1=O)[C@H]1C=C[C@H]2C1. The maximum Gasteiger partial charge on any atom is 0.408 e. The summed E-state index contributed by atoms with van der Waals surface area (Å²) >= 11 is 0. The monoisotopic (exact) mass is 470 g/mol. The molecule has 0 aromatic heterocycles. The van der Waals surface area contributed by atoms with Crippen molar-refractivity contribution in [3.63, 3.8) is 0 Å². The van der Waals surface area contributed by atoms with Crippen LogP contribution in [0.4, 0.5) is 4.79 Å². The molecule has 2 bridgehead atoms. The van der Waals surface area contributed by atoms with E-state index >= 15 is 0 Å². The van der Waals surface area contributed by atoms with Crippen molar-refractivity contribution in [3.8, 4) is 0 Å². The van der Waals surface area contributed by atoms with E-state index in [1.165, 1.54) is 0 Å². The number of hydrogen-bond acceptors (Lipinski definition) is 7. The molecular weight excluding hydrogens is 440 g/mol. The molecule has 182 valence electrons. The number of hydroxylamine groups is 2. The average Bonchev–Trinajstić information content (AvgIpc) is 3.45. The molecule has 1 saturated carbocycles. The summed E-state index contributed by atoms with van der Waals surface area (Å²) in [6.07, 6.45) is 2.99. The first-order valence-corrected chi connectivity index (χ1v) is 11.5. The second-order valence-electron chi connectivity index (χ2n) is 10.0. The van der Waals surface area contributed by atoms with Crippen molar-refractivity contribution in [2.45, 2.75) is 58.5 Å². The van der Waals surface area contributed by atoms with E-state index in [0.717, 1.165) is 12.0 Å². The van der Waals surface area contributed by atoms with Crippen molar-refractivity contribution in [2.75, 3.05) is 0 Å². The summed E-state index contributed by atoms with van der Waals surface area (Å²) in [7, 11) is 0. The van der Waals surface area contributed by atoms with Gasteiger partial charge in [0, 0.05) is 0 Å². The summed E-state index contributed by atoms with van der Waals surface area (Å²) in [6, 6.07) is 7.77. The molecule has 6 atom stereocenters. The number of alkyl carbamates (subject to hydrolysis) is 1. The van der Waals surface area contributed by atoms with Crippen LogP contribution in [0.3, 0.4) is 0 Å². The highest BCUT2D eigenvalue weighted by Gasteiger charge is 2.61. The van der Waals surface area contributed by atoms with Crippen LogP contribution in [0.25, 0.3) is 0 Å².